The minimum absolute atomic E-state index is 0.374. The molecule has 0 unspecified atom stereocenters. The first-order valence-electron chi connectivity index (χ1n) is 7.05. The molecule has 0 aromatic carbocycles. The summed E-state index contributed by atoms with van der Waals surface area (Å²) in [7, 11) is 0. The number of ether oxygens (including phenoxy) is 2. The highest BCUT2D eigenvalue weighted by molar-refractivity contribution is 5.46. The molecule has 1 fully saturated rings. The Kier molecular flexibility index (Phi) is 5.97. The Morgan fingerprint density at radius 1 is 1.30 bits per heavy atom. The Labute approximate surface area is 119 Å². The minimum Gasteiger partial charge on any atom is -0.379 e. The van der Waals surface area contributed by atoms with Gasteiger partial charge in [0.1, 0.15) is 18.2 Å². The molecular weight excluding hydrogens is 258 g/mol. The lowest BCUT2D eigenvalue weighted by molar-refractivity contribution is 0.128. The van der Waals surface area contributed by atoms with Gasteiger partial charge >= 0.3 is 0 Å². The van der Waals surface area contributed by atoms with E-state index >= 15 is 0 Å². The molecule has 1 saturated carbocycles. The predicted octanol–water partition coefficient (Wildman–Crippen LogP) is 1.14. The number of nitrogens with two attached hydrogens (primary N) is 1. The average molecular weight is 281 g/mol. The first kappa shape index (κ1) is 15.0. The van der Waals surface area contributed by atoms with Crippen molar-refractivity contribution in [3.05, 3.63) is 11.9 Å². The molecule has 1 aromatic rings. The second-order valence-corrected chi connectivity index (χ2v) is 4.78. The number of nitrogens with zero attached hydrogens (tertiary/aromatic N) is 2. The van der Waals surface area contributed by atoms with Crippen molar-refractivity contribution in [2.75, 3.05) is 37.1 Å². The number of rotatable bonds is 10. The summed E-state index contributed by atoms with van der Waals surface area (Å²) in [6.45, 7) is 5.19. The van der Waals surface area contributed by atoms with Crippen molar-refractivity contribution in [3.8, 4) is 0 Å². The van der Waals surface area contributed by atoms with Crippen LogP contribution in [0.4, 0.5) is 11.6 Å². The van der Waals surface area contributed by atoms with Gasteiger partial charge < -0.3 is 20.2 Å². The SMILES string of the molecule is CCOCc1nc(NN)cc(NCCOCC2CC2)n1. The number of hydrogen-bond acceptors (Lipinski definition) is 7. The monoisotopic (exact) mass is 281 g/mol. The van der Waals surface area contributed by atoms with Gasteiger partial charge in [0, 0.05) is 25.8 Å². The van der Waals surface area contributed by atoms with Crippen molar-refractivity contribution in [1.29, 1.82) is 0 Å². The van der Waals surface area contributed by atoms with Crippen LogP contribution in [0.3, 0.4) is 0 Å². The molecule has 0 radical (unpaired) electrons. The van der Waals surface area contributed by atoms with Gasteiger partial charge in [-0.25, -0.2) is 15.8 Å². The standard InChI is InChI=1S/C13H23N5O2/c1-2-19-9-13-16-11(7-12(17-13)18-14)15-5-6-20-8-10-3-4-10/h7,10H,2-6,8-9,14H2,1H3,(H2,15,16,17,18). The van der Waals surface area contributed by atoms with Crippen LogP contribution in [-0.4, -0.2) is 36.3 Å². The quantitative estimate of drug-likeness (QED) is 0.336. The Hall–Kier alpha value is -1.44. The van der Waals surface area contributed by atoms with E-state index in [1.54, 1.807) is 6.07 Å². The van der Waals surface area contributed by atoms with Crippen molar-refractivity contribution in [1.82, 2.24) is 9.97 Å². The molecule has 20 heavy (non-hydrogen) atoms. The zero-order valence-electron chi connectivity index (χ0n) is 11.9. The molecule has 7 nitrogen and oxygen atoms in total. The van der Waals surface area contributed by atoms with Crippen LogP contribution in [0.1, 0.15) is 25.6 Å². The topological polar surface area (TPSA) is 94.3 Å². The number of hydrogen-bond donors (Lipinski definition) is 3. The molecule has 4 N–H and O–H groups in total. The maximum atomic E-state index is 5.56. The molecule has 7 heteroatoms. The third kappa shape index (κ3) is 5.28. The zero-order valence-corrected chi connectivity index (χ0v) is 11.9. The number of aromatic nitrogens is 2. The molecule has 0 amide bonds. The fraction of sp³-hybridized carbons (Fsp3) is 0.692. The third-order valence-corrected chi connectivity index (χ3v) is 2.96. The number of nitrogens with one attached hydrogen (secondary N) is 2. The van der Waals surface area contributed by atoms with Gasteiger partial charge in [0.2, 0.25) is 0 Å². The van der Waals surface area contributed by atoms with Crippen LogP contribution >= 0.6 is 0 Å². The Morgan fingerprint density at radius 3 is 2.80 bits per heavy atom. The third-order valence-electron chi connectivity index (χ3n) is 2.96. The van der Waals surface area contributed by atoms with Crippen LogP contribution in [0.15, 0.2) is 6.07 Å². The number of nitrogen functional groups attached to an aromatic ring is 1. The summed E-state index contributed by atoms with van der Waals surface area (Å²) in [6.07, 6.45) is 2.62. The van der Waals surface area contributed by atoms with Crippen molar-refractivity contribution >= 4 is 11.6 Å². The highest BCUT2D eigenvalue weighted by Gasteiger charge is 2.20. The average Bonchev–Trinajstić information content (AvgIpc) is 3.28. The molecule has 1 heterocycles. The molecule has 0 spiro atoms. The highest BCUT2D eigenvalue weighted by Crippen LogP contribution is 2.28. The van der Waals surface area contributed by atoms with E-state index < -0.39 is 0 Å². The molecule has 2 rings (SSSR count). The van der Waals surface area contributed by atoms with E-state index in [1.165, 1.54) is 12.8 Å². The van der Waals surface area contributed by atoms with Gasteiger partial charge in [0.25, 0.3) is 0 Å². The summed E-state index contributed by atoms with van der Waals surface area (Å²) in [4.78, 5) is 8.59. The van der Waals surface area contributed by atoms with E-state index in [-0.39, 0.29) is 0 Å². The summed E-state index contributed by atoms with van der Waals surface area (Å²) < 4.78 is 10.9. The smallest absolute Gasteiger partial charge is 0.158 e. The first-order valence-corrected chi connectivity index (χ1v) is 7.05. The van der Waals surface area contributed by atoms with Gasteiger partial charge in [-0.05, 0) is 25.7 Å². The summed E-state index contributed by atoms with van der Waals surface area (Å²) in [5, 5.41) is 3.20. The molecule has 0 aliphatic heterocycles. The lowest BCUT2D eigenvalue weighted by atomic mass is 10.4. The Bertz CT molecular complexity index is 412. The molecule has 1 aromatic heterocycles. The van der Waals surface area contributed by atoms with Crippen LogP contribution < -0.4 is 16.6 Å². The molecule has 0 atom stereocenters. The van der Waals surface area contributed by atoms with Gasteiger partial charge in [0.15, 0.2) is 5.82 Å². The Morgan fingerprint density at radius 2 is 2.10 bits per heavy atom. The molecule has 0 bridgehead atoms. The fourth-order valence-corrected chi connectivity index (χ4v) is 1.71. The largest absolute Gasteiger partial charge is 0.379 e. The molecule has 1 aliphatic rings. The molecule has 0 saturated heterocycles. The van der Waals surface area contributed by atoms with Crippen LogP contribution in [0.2, 0.25) is 0 Å². The Balaban J connectivity index is 1.78. The van der Waals surface area contributed by atoms with Crippen LogP contribution in [0, 0.1) is 5.92 Å². The van der Waals surface area contributed by atoms with Gasteiger partial charge in [-0.15, -0.1) is 0 Å². The zero-order chi connectivity index (χ0) is 14.2. The van der Waals surface area contributed by atoms with E-state index in [0.29, 0.717) is 38.0 Å². The van der Waals surface area contributed by atoms with Gasteiger partial charge in [-0.2, -0.15) is 0 Å². The van der Waals surface area contributed by atoms with Crippen molar-refractivity contribution in [3.63, 3.8) is 0 Å². The molecule has 1 aliphatic carbocycles. The van der Waals surface area contributed by atoms with E-state index in [0.717, 1.165) is 18.3 Å². The van der Waals surface area contributed by atoms with E-state index in [1.807, 2.05) is 6.92 Å². The van der Waals surface area contributed by atoms with E-state index in [4.69, 9.17) is 15.3 Å². The van der Waals surface area contributed by atoms with Gasteiger partial charge in [0.05, 0.1) is 6.61 Å². The first-order chi connectivity index (χ1) is 9.81. The lowest BCUT2D eigenvalue weighted by Gasteiger charge is -2.10. The summed E-state index contributed by atoms with van der Waals surface area (Å²) in [6, 6.07) is 1.76. The number of hydrazine groups is 1. The maximum absolute atomic E-state index is 5.56. The molecular formula is C13H23N5O2. The van der Waals surface area contributed by atoms with Crippen LogP contribution in [0.5, 0.6) is 0 Å². The van der Waals surface area contributed by atoms with Crippen molar-refractivity contribution in [2.24, 2.45) is 11.8 Å². The predicted molar refractivity (Wildman–Crippen MR) is 77.2 cm³/mol. The van der Waals surface area contributed by atoms with Gasteiger partial charge in [-0.3, -0.25) is 0 Å². The minimum atomic E-state index is 0.374. The highest BCUT2D eigenvalue weighted by atomic mass is 16.5. The van der Waals surface area contributed by atoms with Crippen LogP contribution in [0.25, 0.3) is 0 Å². The summed E-state index contributed by atoms with van der Waals surface area (Å²) in [5.41, 5.74) is 2.53. The van der Waals surface area contributed by atoms with E-state index in [2.05, 4.69) is 20.7 Å². The van der Waals surface area contributed by atoms with Gasteiger partial charge in [-0.1, -0.05) is 0 Å². The maximum Gasteiger partial charge on any atom is 0.158 e. The number of anilines is 2. The second kappa shape index (κ2) is 7.98. The lowest BCUT2D eigenvalue weighted by Crippen LogP contribution is -2.15. The fourth-order valence-electron chi connectivity index (χ4n) is 1.71. The van der Waals surface area contributed by atoms with E-state index in [9.17, 15) is 0 Å². The van der Waals surface area contributed by atoms with Crippen molar-refractivity contribution < 1.29 is 9.47 Å². The summed E-state index contributed by atoms with van der Waals surface area (Å²) >= 11 is 0. The second-order valence-electron chi connectivity index (χ2n) is 4.78. The summed E-state index contributed by atoms with van der Waals surface area (Å²) in [5.74, 6) is 8.08. The molecule has 112 valence electrons. The normalized spacial score (nSPS) is 14.3. The van der Waals surface area contributed by atoms with Crippen molar-refractivity contribution in [2.45, 2.75) is 26.4 Å². The van der Waals surface area contributed by atoms with Crippen LogP contribution in [-0.2, 0) is 16.1 Å².